The normalized spacial score (nSPS) is 10.0. The molecule has 0 radical (unpaired) electrons. The molecule has 0 atom stereocenters. The standard InChI is InChI=1S/C10H10BrClFNO2/c1-2-16-9(15)5-14-10-7(11)3-6(13)4-8(10)12/h3-4,14H,2,5H2,1H3. The minimum absolute atomic E-state index is 0.0161. The Morgan fingerprint density at radius 2 is 2.31 bits per heavy atom. The Kier molecular flexibility index (Phi) is 5.02. The van der Waals surface area contributed by atoms with E-state index in [9.17, 15) is 9.18 Å². The molecule has 1 N–H and O–H groups in total. The third-order valence-electron chi connectivity index (χ3n) is 1.72. The number of anilines is 1. The van der Waals surface area contributed by atoms with Crippen molar-refractivity contribution in [2.75, 3.05) is 18.5 Å². The monoisotopic (exact) mass is 309 g/mol. The summed E-state index contributed by atoms with van der Waals surface area (Å²) in [5, 5.41) is 2.98. The van der Waals surface area contributed by atoms with E-state index in [1.54, 1.807) is 6.92 Å². The minimum Gasteiger partial charge on any atom is -0.465 e. The summed E-state index contributed by atoms with van der Waals surface area (Å²) in [6, 6.07) is 2.43. The molecule has 6 heteroatoms. The number of ether oxygens (including phenoxy) is 1. The summed E-state index contributed by atoms with van der Waals surface area (Å²) in [5.41, 5.74) is 0.469. The Hall–Kier alpha value is -0.810. The Balaban J connectivity index is 2.70. The second-order valence-corrected chi connectivity index (χ2v) is 4.16. The highest BCUT2D eigenvalue weighted by Crippen LogP contribution is 2.31. The minimum atomic E-state index is -0.446. The quantitative estimate of drug-likeness (QED) is 0.868. The van der Waals surface area contributed by atoms with E-state index in [1.807, 2.05) is 0 Å². The van der Waals surface area contributed by atoms with Gasteiger partial charge in [-0.25, -0.2) is 4.39 Å². The van der Waals surface area contributed by atoms with Crippen molar-refractivity contribution in [2.45, 2.75) is 6.92 Å². The van der Waals surface area contributed by atoms with Crippen LogP contribution in [0.3, 0.4) is 0 Å². The molecule has 1 aromatic carbocycles. The van der Waals surface area contributed by atoms with Crippen molar-refractivity contribution in [1.29, 1.82) is 0 Å². The molecule has 0 bridgehead atoms. The van der Waals surface area contributed by atoms with E-state index in [0.29, 0.717) is 16.8 Å². The molecule has 1 aromatic rings. The Bertz CT molecular complexity index is 377. The van der Waals surface area contributed by atoms with Crippen LogP contribution < -0.4 is 5.32 Å². The first kappa shape index (κ1) is 13.3. The van der Waals surface area contributed by atoms with Crippen molar-refractivity contribution >= 4 is 39.2 Å². The van der Waals surface area contributed by atoms with Gasteiger partial charge in [-0.3, -0.25) is 4.79 Å². The number of hydrogen-bond acceptors (Lipinski definition) is 3. The lowest BCUT2D eigenvalue weighted by molar-refractivity contribution is -0.140. The predicted molar refractivity (Wildman–Crippen MR) is 64.2 cm³/mol. The SMILES string of the molecule is CCOC(=O)CNc1c(Cl)cc(F)cc1Br. The maximum atomic E-state index is 12.9. The van der Waals surface area contributed by atoms with Gasteiger partial charge in [0.05, 0.1) is 17.3 Å². The summed E-state index contributed by atoms with van der Waals surface area (Å²) in [5.74, 6) is -0.839. The van der Waals surface area contributed by atoms with Crippen LogP contribution in [0.4, 0.5) is 10.1 Å². The molecule has 0 aliphatic heterocycles. The molecule has 16 heavy (non-hydrogen) atoms. The fraction of sp³-hybridized carbons (Fsp3) is 0.300. The smallest absolute Gasteiger partial charge is 0.325 e. The van der Waals surface area contributed by atoms with Crippen molar-refractivity contribution in [3.8, 4) is 0 Å². The second kappa shape index (κ2) is 6.06. The third-order valence-corrected chi connectivity index (χ3v) is 2.65. The predicted octanol–water partition coefficient (Wildman–Crippen LogP) is 3.22. The molecule has 0 aromatic heterocycles. The Morgan fingerprint density at radius 1 is 1.62 bits per heavy atom. The molecule has 0 heterocycles. The van der Waals surface area contributed by atoms with Gasteiger partial charge in [-0.1, -0.05) is 11.6 Å². The number of rotatable bonds is 4. The van der Waals surface area contributed by atoms with Gasteiger partial charge in [-0.05, 0) is 35.0 Å². The molecule has 88 valence electrons. The molecular formula is C10H10BrClFNO2. The zero-order valence-electron chi connectivity index (χ0n) is 8.52. The highest BCUT2D eigenvalue weighted by Gasteiger charge is 2.09. The maximum Gasteiger partial charge on any atom is 0.325 e. The molecule has 0 fully saturated rings. The van der Waals surface area contributed by atoms with Crippen LogP contribution in [-0.4, -0.2) is 19.1 Å². The molecule has 1 rings (SSSR count). The molecule has 0 aliphatic carbocycles. The van der Waals surface area contributed by atoms with E-state index in [2.05, 4.69) is 21.2 Å². The van der Waals surface area contributed by atoms with Crippen molar-refractivity contribution in [3.05, 3.63) is 27.4 Å². The molecule has 0 saturated carbocycles. The van der Waals surface area contributed by atoms with E-state index in [0.717, 1.165) is 0 Å². The number of esters is 1. The first-order valence-electron chi connectivity index (χ1n) is 4.58. The topological polar surface area (TPSA) is 38.3 Å². The van der Waals surface area contributed by atoms with Crippen molar-refractivity contribution in [3.63, 3.8) is 0 Å². The van der Waals surface area contributed by atoms with Crippen LogP contribution in [-0.2, 0) is 9.53 Å². The van der Waals surface area contributed by atoms with Gasteiger partial charge in [0, 0.05) is 4.47 Å². The lowest BCUT2D eigenvalue weighted by Crippen LogP contribution is -2.17. The van der Waals surface area contributed by atoms with Crippen LogP contribution in [0.25, 0.3) is 0 Å². The van der Waals surface area contributed by atoms with Gasteiger partial charge < -0.3 is 10.1 Å². The molecule has 0 spiro atoms. The first-order valence-corrected chi connectivity index (χ1v) is 5.75. The van der Waals surface area contributed by atoms with Crippen LogP contribution >= 0.6 is 27.5 Å². The zero-order valence-corrected chi connectivity index (χ0v) is 10.9. The van der Waals surface area contributed by atoms with Crippen molar-refractivity contribution < 1.29 is 13.9 Å². The summed E-state index contributed by atoms with van der Waals surface area (Å²) in [6.45, 7) is 2.02. The zero-order chi connectivity index (χ0) is 12.1. The molecule has 0 aliphatic rings. The fourth-order valence-corrected chi connectivity index (χ4v) is 2.04. The summed E-state index contributed by atoms with van der Waals surface area (Å²) < 4.78 is 18.1. The molecular weight excluding hydrogens is 300 g/mol. The van der Waals surface area contributed by atoms with Gasteiger partial charge >= 0.3 is 5.97 Å². The molecule has 0 unspecified atom stereocenters. The number of nitrogens with one attached hydrogen (secondary N) is 1. The van der Waals surface area contributed by atoms with Gasteiger partial charge in [0.25, 0.3) is 0 Å². The summed E-state index contributed by atoms with van der Waals surface area (Å²) in [7, 11) is 0. The van der Waals surface area contributed by atoms with Crippen LogP contribution in [0.2, 0.25) is 5.02 Å². The Morgan fingerprint density at radius 3 is 2.88 bits per heavy atom. The summed E-state index contributed by atoms with van der Waals surface area (Å²) in [6.07, 6.45) is 0. The highest BCUT2D eigenvalue weighted by atomic mass is 79.9. The number of halogens is 3. The van der Waals surface area contributed by atoms with Gasteiger partial charge in [0.1, 0.15) is 12.4 Å². The van der Waals surface area contributed by atoms with E-state index in [1.165, 1.54) is 12.1 Å². The number of benzene rings is 1. The second-order valence-electron chi connectivity index (χ2n) is 2.90. The first-order chi connectivity index (χ1) is 7.54. The van der Waals surface area contributed by atoms with Gasteiger partial charge in [0.2, 0.25) is 0 Å². The van der Waals surface area contributed by atoms with Gasteiger partial charge in [-0.15, -0.1) is 0 Å². The summed E-state index contributed by atoms with van der Waals surface area (Å²) >= 11 is 8.96. The van der Waals surface area contributed by atoms with Crippen molar-refractivity contribution in [2.24, 2.45) is 0 Å². The van der Waals surface area contributed by atoms with E-state index < -0.39 is 11.8 Å². The summed E-state index contributed by atoms with van der Waals surface area (Å²) in [4.78, 5) is 11.1. The average Bonchev–Trinajstić information content (AvgIpc) is 2.16. The molecule has 0 amide bonds. The molecule has 0 saturated heterocycles. The van der Waals surface area contributed by atoms with Crippen LogP contribution in [0, 0.1) is 5.82 Å². The molecule has 3 nitrogen and oxygen atoms in total. The number of carbonyl (C=O) groups excluding carboxylic acids is 1. The van der Waals surface area contributed by atoms with Crippen molar-refractivity contribution in [1.82, 2.24) is 0 Å². The third kappa shape index (κ3) is 3.64. The Labute approximate surface area is 106 Å². The number of hydrogen-bond donors (Lipinski definition) is 1. The van der Waals surface area contributed by atoms with E-state index in [-0.39, 0.29) is 11.6 Å². The lowest BCUT2D eigenvalue weighted by atomic mass is 10.3. The van der Waals surface area contributed by atoms with E-state index >= 15 is 0 Å². The lowest BCUT2D eigenvalue weighted by Gasteiger charge is -2.10. The highest BCUT2D eigenvalue weighted by molar-refractivity contribution is 9.10. The maximum absolute atomic E-state index is 12.9. The van der Waals surface area contributed by atoms with Crippen LogP contribution in [0.15, 0.2) is 16.6 Å². The van der Waals surface area contributed by atoms with Gasteiger partial charge in [-0.2, -0.15) is 0 Å². The average molecular weight is 311 g/mol. The number of carbonyl (C=O) groups is 1. The fourth-order valence-electron chi connectivity index (χ4n) is 1.08. The van der Waals surface area contributed by atoms with Crippen LogP contribution in [0.5, 0.6) is 0 Å². The van der Waals surface area contributed by atoms with E-state index in [4.69, 9.17) is 16.3 Å². The largest absolute Gasteiger partial charge is 0.465 e. The van der Waals surface area contributed by atoms with Gasteiger partial charge in [0.15, 0.2) is 0 Å². The van der Waals surface area contributed by atoms with Crippen LogP contribution in [0.1, 0.15) is 6.92 Å².